The number of hydrogen-bond acceptors (Lipinski definition) is 4. The Bertz CT molecular complexity index is 742. The van der Waals surface area contributed by atoms with Crippen molar-refractivity contribution in [3.8, 4) is 0 Å². The number of fused-ring (bicyclic) bond motifs is 1. The van der Waals surface area contributed by atoms with E-state index in [0.717, 1.165) is 22.9 Å². The maximum absolute atomic E-state index is 11.5. The molecule has 0 aliphatic carbocycles. The number of rotatable bonds is 7. The fourth-order valence-electron chi connectivity index (χ4n) is 3.26. The van der Waals surface area contributed by atoms with Crippen LogP contribution >= 0.6 is 0 Å². The quantitative estimate of drug-likeness (QED) is 0.614. The Kier molecular flexibility index (Phi) is 4.82. The molecule has 1 aromatic heterocycles. The summed E-state index contributed by atoms with van der Waals surface area (Å²) in [6.07, 6.45) is 4.18. The molecule has 2 atom stereocenters. The number of para-hydroxylation sites is 1. The minimum absolute atomic E-state index is 0.389. The third-order valence-electron chi connectivity index (χ3n) is 4.53. The van der Waals surface area contributed by atoms with Gasteiger partial charge in [-0.3, -0.25) is 9.59 Å². The molecule has 0 bridgehead atoms. The molecule has 3 rings (SSSR count). The number of aromatic amines is 1. The molecule has 24 heavy (non-hydrogen) atoms. The third-order valence-corrected chi connectivity index (χ3v) is 4.53. The first kappa shape index (κ1) is 16.5. The smallest absolute Gasteiger partial charge is 0.322 e. The summed E-state index contributed by atoms with van der Waals surface area (Å²) in [6, 6.07) is 6.43. The molecule has 2 heterocycles. The van der Waals surface area contributed by atoms with Crippen LogP contribution in [0.2, 0.25) is 0 Å². The van der Waals surface area contributed by atoms with Gasteiger partial charge < -0.3 is 15.2 Å². The highest BCUT2D eigenvalue weighted by atomic mass is 16.4. The number of aliphatic carboxylic acids is 2. The van der Waals surface area contributed by atoms with Crippen molar-refractivity contribution in [2.45, 2.75) is 37.8 Å². The van der Waals surface area contributed by atoms with Gasteiger partial charge >= 0.3 is 11.9 Å². The first-order valence-corrected chi connectivity index (χ1v) is 8.09. The second-order valence-electron chi connectivity index (χ2n) is 6.11. The van der Waals surface area contributed by atoms with Crippen LogP contribution in [0, 0.1) is 0 Å². The van der Waals surface area contributed by atoms with E-state index in [9.17, 15) is 19.8 Å². The molecule has 7 heteroatoms. The average molecular weight is 331 g/mol. The van der Waals surface area contributed by atoms with Gasteiger partial charge in [-0.25, -0.2) is 10.4 Å². The van der Waals surface area contributed by atoms with Gasteiger partial charge in [0.2, 0.25) is 0 Å². The summed E-state index contributed by atoms with van der Waals surface area (Å²) in [5, 5.41) is 21.3. The largest absolute Gasteiger partial charge is 0.480 e. The van der Waals surface area contributed by atoms with Crippen LogP contribution in [0.3, 0.4) is 0 Å². The minimum Gasteiger partial charge on any atom is -0.480 e. The molecule has 0 spiro atoms. The molecule has 0 radical (unpaired) electrons. The Morgan fingerprint density at radius 1 is 1.33 bits per heavy atom. The van der Waals surface area contributed by atoms with Crippen molar-refractivity contribution in [1.29, 1.82) is 0 Å². The molecule has 2 aromatic rings. The lowest BCUT2D eigenvalue weighted by Gasteiger charge is -2.26. The zero-order valence-electron chi connectivity index (χ0n) is 13.2. The third kappa shape index (κ3) is 3.42. The highest BCUT2D eigenvalue weighted by Gasteiger charge is 2.33. The van der Waals surface area contributed by atoms with Crippen molar-refractivity contribution in [2.24, 2.45) is 0 Å². The van der Waals surface area contributed by atoms with E-state index in [1.807, 2.05) is 30.5 Å². The van der Waals surface area contributed by atoms with Crippen LogP contribution in [-0.4, -0.2) is 50.8 Å². The lowest BCUT2D eigenvalue weighted by Crippen LogP contribution is -2.52. The highest BCUT2D eigenvalue weighted by Crippen LogP contribution is 2.20. The Morgan fingerprint density at radius 2 is 2.12 bits per heavy atom. The molecule has 0 amide bonds. The van der Waals surface area contributed by atoms with E-state index in [1.54, 1.807) is 5.01 Å². The van der Waals surface area contributed by atoms with Gasteiger partial charge in [-0.2, -0.15) is 0 Å². The Balaban J connectivity index is 1.66. The van der Waals surface area contributed by atoms with Gasteiger partial charge in [-0.15, -0.1) is 0 Å². The van der Waals surface area contributed by atoms with Crippen molar-refractivity contribution >= 4 is 22.8 Å². The molecular weight excluding hydrogens is 310 g/mol. The van der Waals surface area contributed by atoms with Crippen molar-refractivity contribution < 1.29 is 19.8 Å². The van der Waals surface area contributed by atoms with Gasteiger partial charge in [0.1, 0.15) is 12.1 Å². The number of carboxylic acid groups (broad SMARTS) is 2. The van der Waals surface area contributed by atoms with Crippen LogP contribution in [0.5, 0.6) is 0 Å². The monoisotopic (exact) mass is 331 g/mol. The SMILES string of the molecule is O=C(O)[C@H](CCc1c[nH]c2ccccc12)NN1CCC[C@@H]1C(=O)O. The van der Waals surface area contributed by atoms with E-state index in [4.69, 9.17) is 0 Å². The molecule has 1 aliphatic rings. The summed E-state index contributed by atoms with van der Waals surface area (Å²) >= 11 is 0. The van der Waals surface area contributed by atoms with Crippen LogP contribution in [-0.2, 0) is 16.0 Å². The lowest BCUT2D eigenvalue weighted by atomic mass is 10.0. The van der Waals surface area contributed by atoms with Gasteiger partial charge in [-0.1, -0.05) is 18.2 Å². The van der Waals surface area contributed by atoms with Crippen molar-refractivity contribution in [3.63, 3.8) is 0 Å². The first-order valence-electron chi connectivity index (χ1n) is 8.09. The molecular formula is C17H21N3O4. The number of hydrazine groups is 1. The molecule has 1 aliphatic heterocycles. The molecule has 4 N–H and O–H groups in total. The standard InChI is InChI=1S/C17H21N3O4/c21-16(22)14(19-20-9-3-6-15(20)17(23)24)8-7-11-10-18-13-5-2-1-4-12(11)13/h1-2,4-5,10,14-15,18-19H,3,6-9H2,(H,21,22)(H,23,24)/t14-,15+/m0/s1. The number of nitrogens with one attached hydrogen (secondary N) is 2. The summed E-state index contributed by atoms with van der Waals surface area (Å²) in [6.45, 7) is 0.549. The van der Waals surface area contributed by atoms with Gasteiger partial charge in [-0.05, 0) is 37.3 Å². The van der Waals surface area contributed by atoms with Crippen molar-refractivity contribution in [2.75, 3.05) is 6.54 Å². The van der Waals surface area contributed by atoms with E-state index in [2.05, 4.69) is 10.4 Å². The van der Waals surface area contributed by atoms with Gasteiger partial charge in [0.15, 0.2) is 0 Å². The Morgan fingerprint density at radius 3 is 2.88 bits per heavy atom. The van der Waals surface area contributed by atoms with Crippen LogP contribution in [0.1, 0.15) is 24.8 Å². The first-order chi connectivity index (χ1) is 11.6. The summed E-state index contributed by atoms with van der Waals surface area (Å²) in [7, 11) is 0. The van der Waals surface area contributed by atoms with Crippen LogP contribution < -0.4 is 5.43 Å². The zero-order chi connectivity index (χ0) is 17.1. The number of aromatic nitrogens is 1. The Hall–Kier alpha value is -2.38. The van der Waals surface area contributed by atoms with E-state index in [0.29, 0.717) is 25.8 Å². The van der Waals surface area contributed by atoms with Crippen LogP contribution in [0.25, 0.3) is 10.9 Å². The predicted octanol–water partition coefficient (Wildman–Crippen LogP) is 1.61. The second-order valence-corrected chi connectivity index (χ2v) is 6.11. The minimum atomic E-state index is -0.967. The normalized spacial score (nSPS) is 19.6. The molecule has 1 aromatic carbocycles. The molecule has 0 saturated carbocycles. The van der Waals surface area contributed by atoms with Gasteiger partial charge in [0.05, 0.1) is 0 Å². The number of hydrogen-bond donors (Lipinski definition) is 4. The molecule has 1 fully saturated rings. The molecule has 0 unspecified atom stereocenters. The highest BCUT2D eigenvalue weighted by molar-refractivity contribution is 5.83. The maximum atomic E-state index is 11.5. The van der Waals surface area contributed by atoms with E-state index in [-0.39, 0.29) is 0 Å². The number of H-pyrrole nitrogens is 1. The Labute approximate surface area is 139 Å². The number of aryl methyl sites for hydroxylation is 1. The fraction of sp³-hybridized carbons (Fsp3) is 0.412. The van der Waals surface area contributed by atoms with Crippen molar-refractivity contribution in [1.82, 2.24) is 15.4 Å². The summed E-state index contributed by atoms with van der Waals surface area (Å²) in [5.74, 6) is -1.88. The lowest BCUT2D eigenvalue weighted by molar-refractivity contribution is -0.147. The number of nitrogens with zero attached hydrogens (tertiary/aromatic N) is 1. The molecule has 1 saturated heterocycles. The number of carboxylic acids is 2. The van der Waals surface area contributed by atoms with Crippen molar-refractivity contribution in [3.05, 3.63) is 36.0 Å². The van der Waals surface area contributed by atoms with Crippen LogP contribution in [0.4, 0.5) is 0 Å². The molecule has 128 valence electrons. The van der Waals surface area contributed by atoms with Gasteiger partial charge in [0, 0.05) is 23.6 Å². The van der Waals surface area contributed by atoms with Gasteiger partial charge in [0.25, 0.3) is 0 Å². The van der Waals surface area contributed by atoms with E-state index >= 15 is 0 Å². The second kappa shape index (κ2) is 7.02. The average Bonchev–Trinajstić information content (AvgIpc) is 3.18. The summed E-state index contributed by atoms with van der Waals surface area (Å²) in [4.78, 5) is 25.9. The topological polar surface area (TPSA) is 106 Å². The summed E-state index contributed by atoms with van der Waals surface area (Å²) < 4.78 is 0. The maximum Gasteiger partial charge on any atom is 0.322 e. The fourth-order valence-corrected chi connectivity index (χ4v) is 3.26. The predicted molar refractivity (Wildman–Crippen MR) is 88.5 cm³/mol. The molecule has 7 nitrogen and oxygen atoms in total. The zero-order valence-corrected chi connectivity index (χ0v) is 13.2. The number of carbonyl (C=O) groups is 2. The van der Waals surface area contributed by atoms with E-state index < -0.39 is 24.0 Å². The number of benzene rings is 1. The summed E-state index contributed by atoms with van der Waals surface area (Å²) in [5.41, 5.74) is 4.99. The van der Waals surface area contributed by atoms with Crippen LogP contribution in [0.15, 0.2) is 30.5 Å². The van der Waals surface area contributed by atoms with E-state index in [1.165, 1.54) is 0 Å².